The van der Waals surface area contributed by atoms with Gasteiger partial charge in [-0.05, 0) is 48.3 Å². The molecule has 3 aromatic rings. The van der Waals surface area contributed by atoms with Crippen LogP contribution in [-0.2, 0) is 5.41 Å². The number of carbonyl (C=O) groups is 1. The SMILES string of the molecule is CCN(CC)CCOc1cc(C(C)(C)C)cc(NC(=O)Nc2ccc(OCCN3CCSCC3)c3ccccc23)c1OC. The predicted molar refractivity (Wildman–Crippen MR) is 181 cm³/mol. The minimum atomic E-state index is -0.361. The van der Waals surface area contributed by atoms with Crippen LogP contribution in [0.25, 0.3) is 10.8 Å². The maximum Gasteiger partial charge on any atom is 0.323 e. The molecule has 8 nitrogen and oxygen atoms in total. The molecule has 1 fully saturated rings. The van der Waals surface area contributed by atoms with Gasteiger partial charge in [0.1, 0.15) is 19.0 Å². The second-order valence-electron chi connectivity index (χ2n) is 11.7. The van der Waals surface area contributed by atoms with E-state index in [-0.39, 0.29) is 11.4 Å². The van der Waals surface area contributed by atoms with Crippen LogP contribution in [0.15, 0.2) is 48.5 Å². The predicted octanol–water partition coefficient (Wildman–Crippen LogP) is 6.94. The second kappa shape index (κ2) is 15.5. The molecule has 1 saturated heterocycles. The molecule has 43 heavy (non-hydrogen) atoms. The van der Waals surface area contributed by atoms with Gasteiger partial charge in [-0.15, -0.1) is 0 Å². The van der Waals surface area contributed by atoms with Crippen molar-refractivity contribution in [1.82, 2.24) is 9.80 Å². The first kappa shape index (κ1) is 32.8. The Morgan fingerprint density at radius 1 is 0.907 bits per heavy atom. The summed E-state index contributed by atoms with van der Waals surface area (Å²) in [6.07, 6.45) is 0. The normalized spacial score (nSPS) is 14.1. The van der Waals surface area contributed by atoms with E-state index in [0.29, 0.717) is 36.1 Å². The molecule has 0 bridgehead atoms. The van der Waals surface area contributed by atoms with Crippen molar-refractivity contribution in [3.05, 3.63) is 54.1 Å². The van der Waals surface area contributed by atoms with Gasteiger partial charge in [-0.25, -0.2) is 4.79 Å². The van der Waals surface area contributed by atoms with Crippen LogP contribution in [0, 0.1) is 0 Å². The Morgan fingerprint density at radius 3 is 2.26 bits per heavy atom. The molecule has 0 spiro atoms. The van der Waals surface area contributed by atoms with Crippen LogP contribution < -0.4 is 24.8 Å². The lowest BCUT2D eigenvalue weighted by Gasteiger charge is -2.26. The van der Waals surface area contributed by atoms with Crippen molar-refractivity contribution in [1.29, 1.82) is 0 Å². The number of thioether (sulfide) groups is 1. The van der Waals surface area contributed by atoms with Crippen LogP contribution in [0.1, 0.15) is 40.2 Å². The van der Waals surface area contributed by atoms with Crippen molar-refractivity contribution in [2.45, 2.75) is 40.0 Å². The minimum absolute atomic E-state index is 0.158. The third kappa shape index (κ3) is 8.94. The number of nitrogens with zero attached hydrogens (tertiary/aromatic N) is 2. The first-order valence-electron chi connectivity index (χ1n) is 15.3. The number of nitrogens with one attached hydrogen (secondary N) is 2. The van der Waals surface area contributed by atoms with E-state index in [1.165, 1.54) is 11.5 Å². The van der Waals surface area contributed by atoms with Crippen LogP contribution in [0.4, 0.5) is 16.2 Å². The zero-order valence-corrected chi connectivity index (χ0v) is 27.4. The molecule has 0 aliphatic carbocycles. The first-order chi connectivity index (χ1) is 20.7. The van der Waals surface area contributed by atoms with Crippen molar-refractivity contribution in [2.24, 2.45) is 0 Å². The average molecular weight is 609 g/mol. The molecule has 1 aliphatic rings. The maximum atomic E-state index is 13.4. The molecule has 2 amide bonds. The Bertz CT molecular complexity index is 1350. The standard InChI is InChI=1S/C34H48N4O4S/c1-7-37(8-2)15-19-42-31-24-25(34(3,4)5)23-29(32(31)40-6)36-33(39)35-28-13-14-30(27-12-10-9-11-26(27)28)41-20-16-38-17-21-43-22-18-38/h9-14,23-24H,7-8,15-22H2,1-6H3,(H2,35,36,39). The molecule has 0 radical (unpaired) electrons. The minimum Gasteiger partial charge on any atom is -0.492 e. The molecule has 1 aliphatic heterocycles. The van der Waals surface area contributed by atoms with Gasteiger partial charge in [0, 0.05) is 48.5 Å². The summed E-state index contributed by atoms with van der Waals surface area (Å²) in [5.74, 6) is 4.31. The van der Waals surface area contributed by atoms with Gasteiger partial charge in [-0.1, -0.05) is 58.9 Å². The van der Waals surface area contributed by atoms with E-state index < -0.39 is 0 Å². The number of methoxy groups -OCH3 is 1. The van der Waals surface area contributed by atoms with Crippen LogP contribution in [-0.4, -0.2) is 86.9 Å². The molecule has 234 valence electrons. The van der Waals surface area contributed by atoms with Crippen molar-refractivity contribution in [3.8, 4) is 17.2 Å². The highest BCUT2D eigenvalue weighted by Crippen LogP contribution is 2.40. The Balaban J connectivity index is 1.51. The van der Waals surface area contributed by atoms with E-state index in [1.54, 1.807) is 7.11 Å². The quantitative estimate of drug-likeness (QED) is 0.218. The number of likely N-dealkylation sites (N-methyl/N-ethyl adjacent to an activating group) is 1. The monoisotopic (exact) mass is 608 g/mol. The smallest absolute Gasteiger partial charge is 0.323 e. The number of urea groups is 1. The summed E-state index contributed by atoms with van der Waals surface area (Å²) in [5, 5.41) is 7.96. The lowest BCUT2D eigenvalue weighted by atomic mass is 9.86. The second-order valence-corrected chi connectivity index (χ2v) is 12.9. The van der Waals surface area contributed by atoms with Gasteiger partial charge >= 0.3 is 6.03 Å². The Labute approximate surface area is 261 Å². The summed E-state index contributed by atoms with van der Waals surface area (Å²) in [6.45, 7) is 17.7. The summed E-state index contributed by atoms with van der Waals surface area (Å²) in [7, 11) is 1.60. The van der Waals surface area contributed by atoms with E-state index in [0.717, 1.165) is 61.4 Å². The zero-order valence-electron chi connectivity index (χ0n) is 26.6. The molecule has 0 aromatic heterocycles. The van der Waals surface area contributed by atoms with Crippen molar-refractivity contribution < 1.29 is 19.0 Å². The molecule has 1 heterocycles. The van der Waals surface area contributed by atoms with Crippen LogP contribution in [0.2, 0.25) is 0 Å². The summed E-state index contributed by atoms with van der Waals surface area (Å²) < 4.78 is 18.2. The molecule has 4 rings (SSSR count). The van der Waals surface area contributed by atoms with Gasteiger partial charge < -0.3 is 29.7 Å². The topological polar surface area (TPSA) is 75.3 Å². The molecule has 9 heteroatoms. The highest BCUT2D eigenvalue weighted by Gasteiger charge is 2.22. The third-order valence-electron chi connectivity index (χ3n) is 7.83. The fourth-order valence-electron chi connectivity index (χ4n) is 5.16. The lowest BCUT2D eigenvalue weighted by Crippen LogP contribution is -2.35. The van der Waals surface area contributed by atoms with Gasteiger partial charge in [0.2, 0.25) is 0 Å². The number of carbonyl (C=O) groups excluding carboxylic acids is 1. The number of fused-ring (bicyclic) bond motifs is 1. The maximum absolute atomic E-state index is 13.4. The van der Waals surface area contributed by atoms with E-state index in [4.69, 9.17) is 14.2 Å². The molecule has 0 atom stereocenters. The fourth-order valence-corrected chi connectivity index (χ4v) is 6.14. The van der Waals surface area contributed by atoms with Crippen LogP contribution in [0.5, 0.6) is 17.2 Å². The van der Waals surface area contributed by atoms with Crippen molar-refractivity contribution >= 4 is 39.9 Å². The van der Waals surface area contributed by atoms with Crippen molar-refractivity contribution in [3.63, 3.8) is 0 Å². The third-order valence-corrected chi connectivity index (χ3v) is 8.78. The number of hydrogen-bond acceptors (Lipinski definition) is 7. The molecule has 3 aromatic carbocycles. The van der Waals surface area contributed by atoms with Gasteiger partial charge in [0.25, 0.3) is 0 Å². The molecular formula is C34H48N4O4S. The fraction of sp³-hybridized carbons (Fsp3) is 0.500. The lowest BCUT2D eigenvalue weighted by molar-refractivity contribution is 0.217. The number of benzene rings is 3. The Hall–Kier alpha value is -3.14. The van der Waals surface area contributed by atoms with E-state index in [2.05, 4.69) is 55.1 Å². The number of rotatable bonds is 13. The van der Waals surface area contributed by atoms with E-state index in [9.17, 15) is 4.79 Å². The number of ether oxygens (including phenoxy) is 3. The summed E-state index contributed by atoms with van der Waals surface area (Å²) in [4.78, 5) is 18.2. The molecule has 0 saturated carbocycles. The summed E-state index contributed by atoms with van der Waals surface area (Å²) >= 11 is 2.01. The number of hydrogen-bond donors (Lipinski definition) is 2. The molecule has 0 unspecified atom stereocenters. The van der Waals surface area contributed by atoms with Crippen LogP contribution >= 0.6 is 11.8 Å². The Morgan fingerprint density at radius 2 is 1.58 bits per heavy atom. The summed E-state index contributed by atoms with van der Waals surface area (Å²) in [6, 6.07) is 15.5. The largest absolute Gasteiger partial charge is 0.492 e. The van der Waals surface area contributed by atoms with Gasteiger partial charge in [0.15, 0.2) is 11.5 Å². The zero-order chi connectivity index (χ0) is 30.8. The average Bonchev–Trinajstić information content (AvgIpc) is 3.00. The molecular weight excluding hydrogens is 560 g/mol. The highest BCUT2D eigenvalue weighted by molar-refractivity contribution is 7.99. The van der Waals surface area contributed by atoms with E-state index >= 15 is 0 Å². The van der Waals surface area contributed by atoms with Crippen molar-refractivity contribution in [2.75, 3.05) is 81.7 Å². The van der Waals surface area contributed by atoms with Gasteiger partial charge in [-0.3, -0.25) is 4.90 Å². The molecule has 2 N–H and O–H groups in total. The summed E-state index contributed by atoms with van der Waals surface area (Å²) in [5.41, 5.74) is 2.15. The van der Waals surface area contributed by atoms with Gasteiger partial charge in [0.05, 0.1) is 18.5 Å². The number of anilines is 2. The van der Waals surface area contributed by atoms with Crippen LogP contribution in [0.3, 0.4) is 0 Å². The number of amides is 2. The Kier molecular flexibility index (Phi) is 11.8. The van der Waals surface area contributed by atoms with E-state index in [1.807, 2.05) is 60.3 Å². The first-order valence-corrected chi connectivity index (χ1v) is 16.5. The highest BCUT2D eigenvalue weighted by atomic mass is 32.2. The van der Waals surface area contributed by atoms with Gasteiger partial charge in [-0.2, -0.15) is 11.8 Å².